The number of ketones is 1. The van der Waals surface area contributed by atoms with Crippen LogP contribution in [0.5, 0.6) is 0 Å². The third-order valence-corrected chi connectivity index (χ3v) is 4.13. The molecule has 3 nitrogen and oxygen atoms in total. The fourth-order valence-electron chi connectivity index (χ4n) is 2.64. The highest BCUT2D eigenvalue weighted by atomic mass is 35.5. The Morgan fingerprint density at radius 3 is 2.56 bits per heavy atom. The minimum Gasteiger partial charge on any atom is -0.481 e. The van der Waals surface area contributed by atoms with Crippen LogP contribution in [0, 0.1) is 5.92 Å². The largest absolute Gasteiger partial charge is 0.481 e. The summed E-state index contributed by atoms with van der Waals surface area (Å²) in [6.07, 6.45) is 3.21. The summed E-state index contributed by atoms with van der Waals surface area (Å²) in [4.78, 5) is 23.1. The normalized spacial score (nSPS) is 21.7. The molecule has 0 radical (unpaired) electrons. The molecular weight excluding hydrogens is 252 g/mol. The van der Waals surface area contributed by atoms with Crippen molar-refractivity contribution >= 4 is 23.4 Å². The van der Waals surface area contributed by atoms with E-state index < -0.39 is 11.9 Å². The lowest BCUT2D eigenvalue weighted by Crippen LogP contribution is -2.09. The van der Waals surface area contributed by atoms with Crippen LogP contribution in [0.3, 0.4) is 0 Å². The van der Waals surface area contributed by atoms with E-state index in [2.05, 4.69) is 0 Å². The van der Waals surface area contributed by atoms with Crippen molar-refractivity contribution in [1.29, 1.82) is 0 Å². The van der Waals surface area contributed by atoms with Crippen molar-refractivity contribution in [2.75, 3.05) is 0 Å². The van der Waals surface area contributed by atoms with Gasteiger partial charge in [0.1, 0.15) is 0 Å². The number of aryl methyl sites for hydroxylation is 1. The average molecular weight is 265 g/mol. The van der Waals surface area contributed by atoms with Gasteiger partial charge in [0.05, 0.1) is 10.9 Å². The Balaban J connectivity index is 2.01. The van der Waals surface area contributed by atoms with Gasteiger partial charge in [-0.2, -0.15) is 0 Å². The Bertz CT molecular complexity index is 546. The molecule has 0 aliphatic heterocycles. The van der Waals surface area contributed by atoms with Crippen LogP contribution in [0.15, 0.2) is 12.1 Å². The fraction of sp³-hybridized carbons (Fsp3) is 0.429. The molecular formula is C14H13ClO3. The van der Waals surface area contributed by atoms with Crippen molar-refractivity contribution < 1.29 is 14.7 Å². The van der Waals surface area contributed by atoms with Crippen LogP contribution in [0.4, 0.5) is 0 Å². The van der Waals surface area contributed by atoms with Crippen molar-refractivity contribution in [1.82, 2.24) is 0 Å². The molecule has 0 heterocycles. The standard InChI is InChI=1S/C14H13ClO3/c15-12-6-10-8(3-4-9(10)14(17)18)5-11(12)13(16)7-1-2-7/h5-7,9H,1-4H2,(H,17,18). The number of Topliss-reactive ketones (excluding diaryl/α,β-unsaturated/α-hetero) is 1. The second-order valence-corrected chi connectivity index (χ2v) is 5.51. The van der Waals surface area contributed by atoms with Crippen molar-refractivity contribution in [3.05, 3.63) is 33.8 Å². The summed E-state index contributed by atoms with van der Waals surface area (Å²) >= 11 is 6.13. The molecule has 1 fully saturated rings. The molecule has 94 valence electrons. The topological polar surface area (TPSA) is 54.4 Å². The van der Waals surface area contributed by atoms with Gasteiger partial charge >= 0.3 is 5.97 Å². The van der Waals surface area contributed by atoms with Crippen LogP contribution in [0.1, 0.15) is 46.7 Å². The Morgan fingerprint density at radius 1 is 1.22 bits per heavy atom. The van der Waals surface area contributed by atoms with Crippen LogP contribution in [-0.2, 0) is 11.2 Å². The van der Waals surface area contributed by atoms with E-state index in [9.17, 15) is 9.59 Å². The lowest BCUT2D eigenvalue weighted by atomic mass is 9.97. The van der Waals surface area contributed by atoms with E-state index in [1.165, 1.54) is 0 Å². The molecule has 0 saturated heterocycles. The molecule has 0 amide bonds. The lowest BCUT2D eigenvalue weighted by molar-refractivity contribution is -0.138. The third kappa shape index (κ3) is 1.83. The van der Waals surface area contributed by atoms with Crippen LogP contribution in [-0.4, -0.2) is 16.9 Å². The quantitative estimate of drug-likeness (QED) is 0.854. The zero-order valence-electron chi connectivity index (χ0n) is 9.78. The smallest absolute Gasteiger partial charge is 0.310 e. The van der Waals surface area contributed by atoms with Crippen LogP contribution < -0.4 is 0 Å². The van der Waals surface area contributed by atoms with Crippen molar-refractivity contribution in [2.24, 2.45) is 5.92 Å². The van der Waals surface area contributed by atoms with Crippen LogP contribution in [0.2, 0.25) is 5.02 Å². The van der Waals surface area contributed by atoms with Crippen molar-refractivity contribution in [3.8, 4) is 0 Å². The molecule has 1 N–H and O–H groups in total. The molecule has 1 saturated carbocycles. The van der Waals surface area contributed by atoms with Gasteiger partial charge in [-0.15, -0.1) is 0 Å². The highest BCUT2D eigenvalue weighted by Crippen LogP contribution is 2.39. The number of fused-ring (bicyclic) bond motifs is 1. The van der Waals surface area contributed by atoms with Gasteiger partial charge in [-0.3, -0.25) is 9.59 Å². The molecule has 3 rings (SSSR count). The number of aliphatic carboxylic acids is 1. The minimum atomic E-state index is -0.814. The summed E-state index contributed by atoms with van der Waals surface area (Å²) < 4.78 is 0. The van der Waals surface area contributed by atoms with E-state index >= 15 is 0 Å². The van der Waals surface area contributed by atoms with Gasteiger partial charge in [0.25, 0.3) is 0 Å². The predicted molar refractivity (Wildman–Crippen MR) is 67.2 cm³/mol. The number of carboxylic acids is 1. The van der Waals surface area contributed by atoms with Gasteiger partial charge in [0.15, 0.2) is 5.78 Å². The Morgan fingerprint density at radius 2 is 1.94 bits per heavy atom. The zero-order valence-corrected chi connectivity index (χ0v) is 10.5. The van der Waals surface area contributed by atoms with Crippen LogP contribution in [0.25, 0.3) is 0 Å². The Kier molecular flexibility index (Phi) is 2.67. The number of carbonyl (C=O) groups excluding carboxylic acids is 1. The van der Waals surface area contributed by atoms with Crippen molar-refractivity contribution in [2.45, 2.75) is 31.6 Å². The molecule has 2 aliphatic rings. The first-order valence-electron chi connectivity index (χ1n) is 6.17. The SMILES string of the molecule is O=C(c1cc2c(cc1Cl)C(C(=O)O)CC2)C1CC1. The van der Waals surface area contributed by atoms with Gasteiger partial charge in [-0.1, -0.05) is 11.6 Å². The Hall–Kier alpha value is -1.35. The average Bonchev–Trinajstić information content (AvgIpc) is 3.08. The van der Waals surface area contributed by atoms with E-state index in [0.29, 0.717) is 23.4 Å². The number of halogens is 1. The maximum atomic E-state index is 12.0. The molecule has 0 bridgehead atoms. The van der Waals surface area contributed by atoms with E-state index in [1.807, 2.05) is 0 Å². The molecule has 4 heteroatoms. The molecule has 1 aromatic rings. The van der Waals surface area contributed by atoms with Gasteiger partial charge in [-0.05, 0) is 48.9 Å². The van der Waals surface area contributed by atoms with Gasteiger partial charge in [0, 0.05) is 11.5 Å². The second kappa shape index (κ2) is 4.09. The number of carbonyl (C=O) groups is 2. The highest BCUT2D eigenvalue weighted by molar-refractivity contribution is 6.34. The first kappa shape index (κ1) is 11.7. The summed E-state index contributed by atoms with van der Waals surface area (Å²) in [5, 5.41) is 9.52. The first-order chi connectivity index (χ1) is 8.58. The summed E-state index contributed by atoms with van der Waals surface area (Å²) in [6, 6.07) is 3.49. The number of hydrogen-bond acceptors (Lipinski definition) is 2. The van der Waals surface area contributed by atoms with E-state index in [-0.39, 0.29) is 11.7 Å². The first-order valence-corrected chi connectivity index (χ1v) is 6.55. The van der Waals surface area contributed by atoms with Crippen LogP contribution >= 0.6 is 11.6 Å². The molecule has 0 spiro atoms. The molecule has 2 aliphatic carbocycles. The summed E-state index contributed by atoms with van der Waals surface area (Å²) in [5.74, 6) is -1.03. The zero-order chi connectivity index (χ0) is 12.9. The number of hydrogen-bond donors (Lipinski definition) is 1. The number of rotatable bonds is 3. The Labute approximate surface area is 110 Å². The van der Waals surface area contributed by atoms with E-state index in [4.69, 9.17) is 16.7 Å². The molecule has 1 unspecified atom stereocenters. The second-order valence-electron chi connectivity index (χ2n) is 5.10. The maximum Gasteiger partial charge on any atom is 0.310 e. The summed E-state index contributed by atoms with van der Waals surface area (Å²) in [6.45, 7) is 0. The molecule has 1 atom stereocenters. The summed E-state index contributed by atoms with van der Waals surface area (Å²) in [7, 11) is 0. The van der Waals surface area contributed by atoms with Gasteiger partial charge < -0.3 is 5.11 Å². The highest BCUT2D eigenvalue weighted by Gasteiger charge is 2.34. The van der Waals surface area contributed by atoms with Crippen molar-refractivity contribution in [3.63, 3.8) is 0 Å². The van der Waals surface area contributed by atoms with E-state index in [0.717, 1.165) is 24.0 Å². The minimum absolute atomic E-state index is 0.113. The number of benzene rings is 1. The monoisotopic (exact) mass is 264 g/mol. The fourth-order valence-corrected chi connectivity index (χ4v) is 2.91. The predicted octanol–water partition coefficient (Wildman–Crippen LogP) is 3.05. The molecule has 1 aromatic carbocycles. The third-order valence-electron chi connectivity index (χ3n) is 3.82. The number of carboxylic acid groups (broad SMARTS) is 1. The summed E-state index contributed by atoms with van der Waals surface area (Å²) in [5.41, 5.74) is 2.32. The van der Waals surface area contributed by atoms with E-state index in [1.54, 1.807) is 12.1 Å². The molecule has 0 aromatic heterocycles. The molecule has 18 heavy (non-hydrogen) atoms. The van der Waals surface area contributed by atoms with Gasteiger partial charge in [0.2, 0.25) is 0 Å². The lowest BCUT2D eigenvalue weighted by Gasteiger charge is -2.09. The maximum absolute atomic E-state index is 12.0. The van der Waals surface area contributed by atoms with Gasteiger partial charge in [-0.25, -0.2) is 0 Å².